The molecule has 6 aromatic heterocycles. The minimum Gasteiger partial charge on any atom is -0.494 e. The summed E-state index contributed by atoms with van der Waals surface area (Å²) >= 11 is 0. The molecule has 0 unspecified atom stereocenters. The highest BCUT2D eigenvalue weighted by molar-refractivity contribution is 7.91. The Morgan fingerprint density at radius 1 is 0.507 bits per heavy atom. The second kappa shape index (κ2) is 23.6. The number of methoxy groups -OCH3 is 4. The molecule has 0 fully saturated rings. The largest absolute Gasteiger partial charge is 0.494 e. The molecule has 6 heterocycles. The fourth-order valence-corrected chi connectivity index (χ4v) is 9.95. The van der Waals surface area contributed by atoms with Gasteiger partial charge in [-0.25, -0.2) is 45.6 Å². The molecule has 2 atom stereocenters. The normalized spacial score (nSPS) is 12.2. The second-order valence-electron chi connectivity index (χ2n) is 16.1. The van der Waals surface area contributed by atoms with Crippen LogP contribution in [0.2, 0.25) is 0 Å². The Labute approximate surface area is 421 Å². The second-order valence-corrected chi connectivity index (χ2v) is 21.0. The fourth-order valence-electron chi connectivity index (χ4n) is 7.49. The Hall–Kier alpha value is -7.86. The van der Waals surface area contributed by atoms with E-state index in [4.69, 9.17) is 18.9 Å². The number of aromatic nitrogens is 12. The van der Waals surface area contributed by atoms with E-state index in [9.17, 15) is 25.6 Å². The number of benzene rings is 2. The van der Waals surface area contributed by atoms with E-state index in [0.717, 1.165) is 24.8 Å². The highest BCUT2D eigenvalue weighted by atomic mass is 32.2. The number of pyridine rings is 2. The van der Waals surface area contributed by atoms with Crippen LogP contribution in [0.25, 0.3) is 34.2 Å². The number of ether oxygens (including phenoxy) is 4. The zero-order valence-electron chi connectivity index (χ0n) is 40.4. The SMILES string of the molecule is C.COc1cccc(OC)c1-n1c(CS(=O)(=O)[C@@H](C)Cc2ncc(F)cn2)nnc1-c1cccnc1C.COc1cccc(OC)c1-n1c(CS(=O)(=O)[C@H](C)Cc2ncc(F)cn2)nnc1-c1cccnc1C. The van der Waals surface area contributed by atoms with Crippen LogP contribution in [0.3, 0.4) is 0 Å². The van der Waals surface area contributed by atoms with Crippen molar-refractivity contribution in [3.63, 3.8) is 0 Å². The van der Waals surface area contributed by atoms with E-state index in [1.54, 1.807) is 83.9 Å². The van der Waals surface area contributed by atoms with E-state index in [2.05, 4.69) is 50.3 Å². The van der Waals surface area contributed by atoms with Gasteiger partial charge in [-0.05, 0) is 76.2 Å². The minimum atomic E-state index is -3.76. The van der Waals surface area contributed by atoms with Gasteiger partial charge in [0.1, 0.15) is 57.5 Å². The molecule has 0 saturated carbocycles. The minimum absolute atomic E-state index is 0. The summed E-state index contributed by atoms with van der Waals surface area (Å²) in [6, 6.07) is 17.7. The van der Waals surface area contributed by atoms with E-state index >= 15 is 0 Å². The number of para-hydroxylation sites is 2. The Morgan fingerprint density at radius 2 is 0.836 bits per heavy atom. The zero-order valence-corrected chi connectivity index (χ0v) is 42.1. The summed E-state index contributed by atoms with van der Waals surface area (Å²) in [5.41, 5.74) is 3.66. The molecule has 2 aromatic carbocycles. The standard InChI is InChI=1S/2C24H25FN6O4S.CH4/c2*1-15(11-21-27-12-17(25)13-28-21)36(32,33)14-22-29-30-24(18-7-6-10-26-16(18)2)31(22)23-19(34-3)8-5-9-20(23)35-4;/h2*5-10,12-13,15H,11,14H2,1-4H3;1H4/t2*15-;/m10./s1. The molecular weight excluding hydrogens is 987 g/mol. The molecule has 8 rings (SSSR count). The summed E-state index contributed by atoms with van der Waals surface area (Å²) < 4.78 is 105. The number of rotatable bonds is 18. The average Bonchev–Trinajstić information content (AvgIpc) is 3.97. The molecule has 0 amide bonds. The van der Waals surface area contributed by atoms with Crippen LogP contribution in [0, 0.1) is 25.5 Å². The van der Waals surface area contributed by atoms with Crippen molar-refractivity contribution < 1.29 is 44.6 Å². The van der Waals surface area contributed by atoms with E-state index in [1.165, 1.54) is 28.4 Å². The first-order chi connectivity index (χ1) is 34.5. The van der Waals surface area contributed by atoms with Crippen molar-refractivity contribution in [2.45, 2.75) is 70.0 Å². The lowest BCUT2D eigenvalue weighted by atomic mass is 10.1. The van der Waals surface area contributed by atoms with Gasteiger partial charge >= 0.3 is 0 Å². The van der Waals surface area contributed by atoms with Gasteiger partial charge in [-0.3, -0.25) is 19.1 Å². The first kappa shape index (κ1) is 54.5. The highest BCUT2D eigenvalue weighted by Gasteiger charge is 2.32. The lowest BCUT2D eigenvalue weighted by molar-refractivity contribution is 0.390. The van der Waals surface area contributed by atoms with Crippen LogP contribution in [-0.4, -0.2) is 115 Å². The molecule has 0 aliphatic carbocycles. The van der Waals surface area contributed by atoms with Gasteiger partial charge < -0.3 is 18.9 Å². The molecule has 384 valence electrons. The number of hydrogen-bond donors (Lipinski definition) is 0. The van der Waals surface area contributed by atoms with Crippen LogP contribution in [0.4, 0.5) is 8.78 Å². The molecule has 0 spiro atoms. The van der Waals surface area contributed by atoms with Crippen LogP contribution >= 0.6 is 0 Å². The van der Waals surface area contributed by atoms with Crippen LogP contribution in [-0.2, 0) is 44.0 Å². The van der Waals surface area contributed by atoms with Crippen LogP contribution in [0.5, 0.6) is 23.0 Å². The lowest BCUT2D eigenvalue weighted by Crippen LogP contribution is -2.24. The molecule has 0 aliphatic rings. The summed E-state index contributed by atoms with van der Waals surface area (Å²) in [5, 5.41) is 15.5. The van der Waals surface area contributed by atoms with Gasteiger partial charge in [-0.2, -0.15) is 0 Å². The third-order valence-corrected chi connectivity index (χ3v) is 15.5. The van der Waals surface area contributed by atoms with Gasteiger partial charge in [-0.1, -0.05) is 19.6 Å². The Kier molecular flexibility index (Phi) is 17.6. The Bertz CT molecular complexity index is 3130. The number of sulfone groups is 2. The molecule has 0 saturated heterocycles. The van der Waals surface area contributed by atoms with Crippen molar-refractivity contribution in [3.8, 4) is 57.1 Å². The van der Waals surface area contributed by atoms with Crippen molar-refractivity contribution in [1.29, 1.82) is 0 Å². The summed E-state index contributed by atoms with van der Waals surface area (Å²) in [6.45, 7) is 6.77. The van der Waals surface area contributed by atoms with Gasteiger partial charge in [0.05, 0.1) is 63.7 Å². The lowest BCUT2D eigenvalue weighted by Gasteiger charge is -2.18. The third-order valence-electron chi connectivity index (χ3n) is 11.4. The average molecular weight is 1040 g/mol. The summed E-state index contributed by atoms with van der Waals surface area (Å²) in [5.74, 6) is 1.33. The van der Waals surface area contributed by atoms with Crippen LogP contribution in [0.15, 0.2) is 97.8 Å². The van der Waals surface area contributed by atoms with E-state index in [1.807, 2.05) is 26.0 Å². The predicted octanol–water partition coefficient (Wildman–Crippen LogP) is 6.90. The number of halogens is 2. The molecule has 8 aromatic rings. The number of aryl methyl sites for hydroxylation is 2. The maximum atomic E-state index is 13.4. The molecule has 0 bridgehead atoms. The van der Waals surface area contributed by atoms with E-state index in [0.29, 0.717) is 68.5 Å². The highest BCUT2D eigenvalue weighted by Crippen LogP contribution is 2.39. The zero-order chi connectivity index (χ0) is 51.7. The van der Waals surface area contributed by atoms with Gasteiger partial charge in [0.25, 0.3) is 0 Å². The maximum Gasteiger partial charge on any atom is 0.170 e. The van der Waals surface area contributed by atoms with Crippen LogP contribution < -0.4 is 18.9 Å². The third kappa shape index (κ3) is 12.3. The van der Waals surface area contributed by atoms with Crippen molar-refractivity contribution in [3.05, 3.63) is 144 Å². The van der Waals surface area contributed by atoms with E-state index in [-0.39, 0.29) is 43.6 Å². The van der Waals surface area contributed by atoms with Crippen molar-refractivity contribution in [1.82, 2.24) is 59.4 Å². The summed E-state index contributed by atoms with van der Waals surface area (Å²) in [7, 11) is -1.48. The Morgan fingerprint density at radius 3 is 1.14 bits per heavy atom. The molecular formula is C49H54F2N12O8S2. The molecule has 24 heteroatoms. The first-order valence-electron chi connectivity index (χ1n) is 22.0. The number of hydrogen-bond acceptors (Lipinski definition) is 18. The van der Waals surface area contributed by atoms with Crippen LogP contribution in [0.1, 0.15) is 56.0 Å². The molecule has 0 N–H and O–H groups in total. The molecule has 73 heavy (non-hydrogen) atoms. The van der Waals surface area contributed by atoms with Gasteiger partial charge in [0, 0.05) is 47.8 Å². The number of nitrogens with zero attached hydrogens (tertiary/aromatic N) is 12. The smallest absolute Gasteiger partial charge is 0.170 e. The van der Waals surface area contributed by atoms with Crippen molar-refractivity contribution in [2.24, 2.45) is 0 Å². The topological polar surface area (TPSA) is 244 Å². The fraction of sp³-hybridized carbons (Fsp3) is 0.306. The molecule has 0 radical (unpaired) electrons. The Balaban J connectivity index is 0.000000235. The van der Waals surface area contributed by atoms with Crippen molar-refractivity contribution >= 4 is 19.7 Å². The first-order valence-corrected chi connectivity index (χ1v) is 25.4. The maximum absolute atomic E-state index is 13.4. The molecule has 0 aliphatic heterocycles. The van der Waals surface area contributed by atoms with Gasteiger partial charge in [0.2, 0.25) is 0 Å². The van der Waals surface area contributed by atoms with Gasteiger partial charge in [0.15, 0.2) is 54.6 Å². The van der Waals surface area contributed by atoms with E-state index < -0.39 is 53.3 Å². The van der Waals surface area contributed by atoms with Gasteiger partial charge in [-0.15, -0.1) is 20.4 Å². The summed E-state index contributed by atoms with van der Waals surface area (Å²) in [4.78, 5) is 24.2. The predicted molar refractivity (Wildman–Crippen MR) is 267 cm³/mol. The molecule has 20 nitrogen and oxygen atoms in total. The summed E-state index contributed by atoms with van der Waals surface area (Å²) in [6.07, 6.45) is 7.39. The monoisotopic (exact) mass is 1040 g/mol. The quantitative estimate of drug-likeness (QED) is 0.0848. The van der Waals surface area contributed by atoms with Crippen molar-refractivity contribution in [2.75, 3.05) is 28.4 Å².